The highest BCUT2D eigenvalue weighted by Crippen LogP contribution is 2.71. The lowest BCUT2D eigenvalue weighted by atomic mass is 9.46. The maximum absolute atomic E-state index is 12.7. The van der Waals surface area contributed by atoms with E-state index < -0.39 is 34.7 Å². The molecule has 2 aliphatic heterocycles. The molecule has 2 heterocycles. The Bertz CT molecular complexity index is 965. The van der Waals surface area contributed by atoms with Gasteiger partial charge in [0.25, 0.3) is 0 Å². The van der Waals surface area contributed by atoms with Crippen LogP contribution in [-0.2, 0) is 28.6 Å². The van der Waals surface area contributed by atoms with Gasteiger partial charge in [0.15, 0.2) is 5.60 Å². The minimum atomic E-state index is -1.37. The quantitative estimate of drug-likeness (QED) is 0.352. The van der Waals surface area contributed by atoms with E-state index in [1.165, 1.54) is 0 Å². The third-order valence-corrected chi connectivity index (χ3v) is 8.88. The zero-order valence-corrected chi connectivity index (χ0v) is 19.3. The maximum atomic E-state index is 12.7. The van der Waals surface area contributed by atoms with E-state index in [1.54, 1.807) is 0 Å². The normalized spacial score (nSPS) is 42.8. The van der Waals surface area contributed by atoms with Crippen molar-refractivity contribution in [2.24, 2.45) is 23.2 Å². The van der Waals surface area contributed by atoms with Gasteiger partial charge < -0.3 is 24.4 Å². The standard InChI is InChI=1S/C25H32O8/c1-13(2)14-8-10-24(30)23(3)9-7-15-16(12-31-22(15)29)17(23)11-18-25(24,33-18)21(14)32-20(28)6-4-5-19(26)27/h8,10,13-14,17-18,21,30H,4-7,9,11-12H2,1-3H3,(H,26,27)/t14?,17?,18-,21+,23-,24+,25+/m0/s1. The Hall–Kier alpha value is -2.19. The third-order valence-electron chi connectivity index (χ3n) is 8.88. The number of carbonyl (C=O) groups is 3. The van der Waals surface area contributed by atoms with Crippen molar-refractivity contribution in [3.63, 3.8) is 0 Å². The van der Waals surface area contributed by atoms with Crippen molar-refractivity contribution in [2.75, 3.05) is 6.61 Å². The van der Waals surface area contributed by atoms with Crippen molar-refractivity contribution in [3.8, 4) is 0 Å². The molecule has 5 aliphatic rings. The van der Waals surface area contributed by atoms with E-state index >= 15 is 0 Å². The summed E-state index contributed by atoms with van der Waals surface area (Å²) in [4.78, 5) is 35.7. The highest BCUT2D eigenvalue weighted by Gasteiger charge is 2.83. The van der Waals surface area contributed by atoms with Gasteiger partial charge >= 0.3 is 17.9 Å². The minimum Gasteiger partial charge on any atom is -0.481 e. The van der Waals surface area contributed by atoms with Crippen LogP contribution in [0, 0.1) is 23.2 Å². The molecule has 0 aromatic rings. The smallest absolute Gasteiger partial charge is 0.334 e. The molecular weight excluding hydrogens is 428 g/mol. The van der Waals surface area contributed by atoms with E-state index in [4.69, 9.17) is 19.3 Å². The predicted octanol–water partition coefficient (Wildman–Crippen LogP) is 2.54. The van der Waals surface area contributed by atoms with Crippen LogP contribution in [-0.4, -0.2) is 58.1 Å². The summed E-state index contributed by atoms with van der Waals surface area (Å²) in [6.45, 7) is 6.41. The first-order valence-electron chi connectivity index (χ1n) is 11.9. The van der Waals surface area contributed by atoms with Crippen LogP contribution >= 0.6 is 0 Å². The SMILES string of the molecule is CC(C)C1C=C[C@]2(O)[C@]3(O[C@H]3CC3C4=C(CC[C@@]32C)C(=O)OC4)[C@@H]1OC(=O)CCCC(=O)O. The van der Waals surface area contributed by atoms with Gasteiger partial charge in [-0.05, 0) is 43.1 Å². The number of aliphatic hydroxyl groups is 1. The number of cyclic esters (lactones) is 1. The van der Waals surface area contributed by atoms with Crippen molar-refractivity contribution in [1.82, 2.24) is 0 Å². The molecule has 1 spiro atoms. The van der Waals surface area contributed by atoms with E-state index in [0.29, 0.717) is 19.3 Å². The predicted molar refractivity (Wildman–Crippen MR) is 115 cm³/mol. The zero-order valence-electron chi connectivity index (χ0n) is 19.3. The van der Waals surface area contributed by atoms with Crippen LogP contribution < -0.4 is 0 Å². The summed E-state index contributed by atoms with van der Waals surface area (Å²) < 4.78 is 17.6. The first kappa shape index (κ1) is 22.6. The van der Waals surface area contributed by atoms with Gasteiger partial charge in [-0.2, -0.15) is 0 Å². The molecule has 7 atom stereocenters. The van der Waals surface area contributed by atoms with E-state index in [-0.39, 0.29) is 55.7 Å². The number of ether oxygens (including phenoxy) is 3. The van der Waals surface area contributed by atoms with Crippen LogP contribution in [0.4, 0.5) is 0 Å². The van der Waals surface area contributed by atoms with Gasteiger partial charge in [0.1, 0.15) is 18.3 Å². The third kappa shape index (κ3) is 2.99. The van der Waals surface area contributed by atoms with Gasteiger partial charge in [-0.1, -0.05) is 32.9 Å². The van der Waals surface area contributed by atoms with E-state index in [9.17, 15) is 19.5 Å². The van der Waals surface area contributed by atoms with Crippen LogP contribution in [0.3, 0.4) is 0 Å². The minimum absolute atomic E-state index is 0.00605. The number of rotatable bonds is 6. The van der Waals surface area contributed by atoms with E-state index in [1.807, 2.05) is 26.0 Å². The molecule has 33 heavy (non-hydrogen) atoms. The highest BCUT2D eigenvalue weighted by atomic mass is 16.7. The number of hydrogen-bond donors (Lipinski definition) is 2. The van der Waals surface area contributed by atoms with Crippen molar-refractivity contribution in [1.29, 1.82) is 0 Å². The second-order valence-electron chi connectivity index (χ2n) is 10.8. The fourth-order valence-corrected chi connectivity index (χ4v) is 6.99. The Morgan fingerprint density at radius 3 is 2.76 bits per heavy atom. The summed E-state index contributed by atoms with van der Waals surface area (Å²) in [5.74, 6) is -1.70. The molecule has 2 N–H and O–H groups in total. The van der Waals surface area contributed by atoms with Crippen molar-refractivity contribution >= 4 is 17.9 Å². The van der Waals surface area contributed by atoms with Gasteiger partial charge in [-0.15, -0.1) is 0 Å². The lowest BCUT2D eigenvalue weighted by Gasteiger charge is -2.59. The van der Waals surface area contributed by atoms with Crippen LogP contribution in [0.5, 0.6) is 0 Å². The molecule has 3 aliphatic carbocycles. The number of aliphatic carboxylic acids is 1. The maximum Gasteiger partial charge on any atom is 0.334 e. The Balaban J connectivity index is 1.49. The number of epoxide rings is 1. The van der Waals surface area contributed by atoms with Crippen molar-refractivity contribution in [3.05, 3.63) is 23.3 Å². The summed E-state index contributed by atoms with van der Waals surface area (Å²) >= 11 is 0. The number of carboxylic acid groups (broad SMARTS) is 1. The van der Waals surface area contributed by atoms with E-state index in [2.05, 4.69) is 6.92 Å². The number of carbonyl (C=O) groups excluding carboxylic acids is 2. The number of carboxylic acids is 1. The average Bonchev–Trinajstić information content (AvgIpc) is 3.35. The molecule has 0 aromatic carbocycles. The molecule has 0 bridgehead atoms. The van der Waals surface area contributed by atoms with Gasteiger partial charge in [0.05, 0.1) is 6.10 Å². The molecular formula is C25H32O8. The second kappa shape index (κ2) is 7.40. The molecule has 0 aromatic heterocycles. The fourth-order valence-electron chi connectivity index (χ4n) is 6.99. The number of hydrogen-bond acceptors (Lipinski definition) is 7. The molecule has 0 radical (unpaired) electrons. The molecule has 180 valence electrons. The fraction of sp³-hybridized carbons (Fsp3) is 0.720. The van der Waals surface area contributed by atoms with Gasteiger partial charge in [0, 0.05) is 29.7 Å². The summed E-state index contributed by atoms with van der Waals surface area (Å²) in [6.07, 6.45) is 4.76. The molecule has 5 rings (SSSR count). The second-order valence-corrected chi connectivity index (χ2v) is 10.8. The first-order chi connectivity index (χ1) is 15.5. The van der Waals surface area contributed by atoms with Crippen LogP contribution in [0.25, 0.3) is 0 Å². The molecule has 8 nitrogen and oxygen atoms in total. The summed E-state index contributed by atoms with van der Waals surface area (Å²) in [6, 6.07) is 0. The Morgan fingerprint density at radius 2 is 2.06 bits per heavy atom. The molecule has 2 unspecified atom stereocenters. The first-order valence-corrected chi connectivity index (χ1v) is 11.9. The zero-order chi connectivity index (χ0) is 23.8. The monoisotopic (exact) mass is 460 g/mol. The van der Waals surface area contributed by atoms with Crippen molar-refractivity contribution < 1.29 is 38.8 Å². The van der Waals surface area contributed by atoms with Crippen LogP contribution in [0.1, 0.15) is 59.3 Å². The lowest BCUT2D eigenvalue weighted by molar-refractivity contribution is -0.193. The molecule has 0 amide bonds. The van der Waals surface area contributed by atoms with Crippen LogP contribution in [0.2, 0.25) is 0 Å². The van der Waals surface area contributed by atoms with Gasteiger partial charge in [-0.25, -0.2) is 4.79 Å². The molecule has 1 saturated carbocycles. The summed E-state index contributed by atoms with van der Waals surface area (Å²) in [7, 11) is 0. The van der Waals surface area contributed by atoms with Crippen molar-refractivity contribution in [2.45, 2.75) is 82.7 Å². The van der Waals surface area contributed by atoms with Crippen LogP contribution in [0.15, 0.2) is 23.3 Å². The molecule has 8 heteroatoms. The van der Waals surface area contributed by atoms with E-state index in [0.717, 1.165) is 11.1 Å². The lowest BCUT2D eigenvalue weighted by Crippen LogP contribution is -2.70. The average molecular weight is 461 g/mol. The highest BCUT2D eigenvalue weighted by molar-refractivity contribution is 5.92. The van der Waals surface area contributed by atoms with Gasteiger partial charge in [-0.3, -0.25) is 9.59 Å². The van der Waals surface area contributed by atoms with Gasteiger partial charge in [0.2, 0.25) is 0 Å². The largest absolute Gasteiger partial charge is 0.481 e. The number of esters is 2. The molecule has 1 saturated heterocycles. The number of fused-ring (bicyclic) bond motifs is 3. The topological polar surface area (TPSA) is 123 Å². The Labute approximate surface area is 193 Å². The summed E-state index contributed by atoms with van der Waals surface area (Å²) in [5.41, 5.74) is -1.27. The Morgan fingerprint density at radius 1 is 1.30 bits per heavy atom. The summed E-state index contributed by atoms with van der Waals surface area (Å²) in [5, 5.41) is 21.2. The Kier molecular flexibility index (Phi) is 5.07. The molecule has 2 fully saturated rings.